The van der Waals surface area contributed by atoms with Gasteiger partial charge in [-0.2, -0.15) is 0 Å². The summed E-state index contributed by atoms with van der Waals surface area (Å²) in [5.41, 5.74) is 6.02. The average Bonchev–Trinajstić information content (AvgIpc) is 2.98. The summed E-state index contributed by atoms with van der Waals surface area (Å²) in [6.45, 7) is 2.17. The van der Waals surface area contributed by atoms with Gasteiger partial charge in [0, 0.05) is 21.4 Å². The Balaban J connectivity index is 1.63. The number of aryl methyl sites for hydroxylation is 3. The first-order chi connectivity index (χ1) is 12.7. The highest BCUT2D eigenvalue weighted by molar-refractivity contribution is 7.19. The molecule has 1 N–H and O–H groups in total. The van der Waals surface area contributed by atoms with E-state index in [4.69, 9.17) is 4.98 Å². The van der Waals surface area contributed by atoms with Crippen molar-refractivity contribution in [3.05, 3.63) is 69.7 Å². The molecule has 3 heteroatoms. The van der Waals surface area contributed by atoms with Gasteiger partial charge in [0.2, 0.25) is 0 Å². The van der Waals surface area contributed by atoms with E-state index in [0.29, 0.717) is 12.2 Å². The van der Waals surface area contributed by atoms with Gasteiger partial charge in [-0.3, -0.25) is 0 Å². The molecule has 5 rings (SSSR count). The molecule has 4 aromatic rings. The average molecular weight is 359 g/mol. The summed E-state index contributed by atoms with van der Waals surface area (Å²) in [6.07, 6.45) is 5.45. The molecule has 2 aromatic heterocycles. The molecule has 1 aliphatic rings. The second-order valence-electron chi connectivity index (χ2n) is 7.26. The van der Waals surface area contributed by atoms with Crippen LogP contribution in [0.3, 0.4) is 0 Å². The number of fused-ring (bicyclic) bond motifs is 4. The quantitative estimate of drug-likeness (QED) is 0.481. The number of hydrogen-bond donors (Lipinski definition) is 1. The van der Waals surface area contributed by atoms with Crippen molar-refractivity contribution in [3.8, 4) is 5.75 Å². The van der Waals surface area contributed by atoms with Crippen molar-refractivity contribution in [2.45, 2.75) is 39.0 Å². The van der Waals surface area contributed by atoms with Crippen molar-refractivity contribution in [1.82, 2.24) is 4.98 Å². The Morgan fingerprint density at radius 2 is 1.92 bits per heavy atom. The molecule has 0 saturated carbocycles. The summed E-state index contributed by atoms with van der Waals surface area (Å²) in [4.78, 5) is 6.24. The van der Waals surface area contributed by atoms with Crippen molar-refractivity contribution >= 4 is 32.3 Å². The lowest BCUT2D eigenvalue weighted by Gasteiger charge is -2.18. The highest BCUT2D eigenvalue weighted by atomic mass is 32.1. The summed E-state index contributed by atoms with van der Waals surface area (Å²) in [6, 6.07) is 14.7. The fourth-order valence-corrected chi connectivity index (χ4v) is 5.39. The zero-order valence-corrected chi connectivity index (χ0v) is 15.7. The molecule has 0 radical (unpaired) electrons. The van der Waals surface area contributed by atoms with Gasteiger partial charge in [-0.1, -0.05) is 30.3 Å². The molecule has 2 nitrogen and oxygen atoms in total. The maximum absolute atomic E-state index is 10.6. The fraction of sp³-hybridized carbons (Fsp3) is 0.261. The number of hydrogen-bond acceptors (Lipinski definition) is 3. The Morgan fingerprint density at radius 1 is 1.08 bits per heavy atom. The SMILES string of the molecule is Cc1c(Cc2nc3c4c(ccc3cc2O)CCCC4)sc2ccccc12. The van der Waals surface area contributed by atoms with Crippen LogP contribution in [0.15, 0.2) is 42.5 Å². The van der Waals surface area contributed by atoms with Gasteiger partial charge in [-0.25, -0.2) is 4.98 Å². The number of aromatic nitrogens is 1. The number of aromatic hydroxyl groups is 1. The lowest BCUT2D eigenvalue weighted by atomic mass is 9.89. The standard InChI is InChI=1S/C23H21NOS/c1-14-17-7-4-5-9-21(17)26-22(14)13-19-20(25)12-16-11-10-15-6-2-3-8-18(15)23(16)24-19/h4-5,7,9-12,25H,2-3,6,8,13H2,1H3. The number of nitrogens with zero attached hydrogens (tertiary/aromatic N) is 1. The van der Waals surface area contributed by atoms with Gasteiger partial charge in [0.05, 0.1) is 11.2 Å². The number of thiophene rings is 1. The van der Waals surface area contributed by atoms with Crippen LogP contribution in [0, 0.1) is 6.92 Å². The second-order valence-corrected chi connectivity index (χ2v) is 8.40. The third-order valence-corrected chi connectivity index (χ3v) is 6.91. The summed E-state index contributed by atoms with van der Waals surface area (Å²) in [5, 5.41) is 12.9. The predicted octanol–water partition coefficient (Wildman–Crippen LogP) is 5.93. The van der Waals surface area contributed by atoms with Crippen LogP contribution < -0.4 is 0 Å². The van der Waals surface area contributed by atoms with E-state index in [1.54, 1.807) is 0 Å². The fourth-order valence-electron chi connectivity index (χ4n) is 4.17. The van der Waals surface area contributed by atoms with Gasteiger partial charge in [0.1, 0.15) is 5.75 Å². The normalized spacial score (nSPS) is 14.0. The Hall–Kier alpha value is -2.39. The molecule has 130 valence electrons. The van der Waals surface area contributed by atoms with Crippen molar-refractivity contribution in [1.29, 1.82) is 0 Å². The number of benzene rings is 2. The Kier molecular flexibility index (Phi) is 3.71. The first-order valence-corrected chi connectivity index (χ1v) is 10.1. The third-order valence-electron chi connectivity index (χ3n) is 5.64. The van der Waals surface area contributed by atoms with Crippen LogP contribution in [-0.2, 0) is 19.3 Å². The zero-order chi connectivity index (χ0) is 17.7. The molecule has 0 spiro atoms. The maximum Gasteiger partial charge on any atom is 0.138 e. The van der Waals surface area contributed by atoms with Gasteiger partial charge in [-0.15, -0.1) is 11.3 Å². The molecule has 0 fully saturated rings. The first-order valence-electron chi connectivity index (χ1n) is 9.31. The third kappa shape index (κ3) is 2.50. The van der Waals surface area contributed by atoms with Gasteiger partial charge >= 0.3 is 0 Å². The lowest BCUT2D eigenvalue weighted by molar-refractivity contribution is 0.467. The van der Waals surface area contributed by atoms with Gasteiger partial charge in [0.25, 0.3) is 0 Å². The lowest BCUT2D eigenvalue weighted by Crippen LogP contribution is -2.05. The zero-order valence-electron chi connectivity index (χ0n) is 14.9. The molecular formula is C23H21NOS. The Labute approximate surface area is 157 Å². The van der Waals surface area contributed by atoms with Gasteiger partial charge in [-0.05, 0) is 66.8 Å². The highest BCUT2D eigenvalue weighted by Crippen LogP contribution is 2.35. The Morgan fingerprint density at radius 3 is 2.81 bits per heavy atom. The topological polar surface area (TPSA) is 33.1 Å². The van der Waals surface area contributed by atoms with E-state index in [1.807, 2.05) is 17.4 Å². The molecule has 0 amide bonds. The second kappa shape index (κ2) is 6.10. The number of pyridine rings is 1. The molecule has 0 atom stereocenters. The summed E-state index contributed by atoms with van der Waals surface area (Å²) in [7, 11) is 0. The molecular weight excluding hydrogens is 338 g/mol. The van der Waals surface area contributed by atoms with E-state index >= 15 is 0 Å². The monoisotopic (exact) mass is 359 g/mol. The molecule has 2 heterocycles. The number of rotatable bonds is 2. The van der Waals surface area contributed by atoms with Gasteiger partial charge in [0.15, 0.2) is 0 Å². The van der Waals surface area contributed by atoms with Crippen molar-refractivity contribution in [3.63, 3.8) is 0 Å². The van der Waals surface area contributed by atoms with Crippen molar-refractivity contribution < 1.29 is 5.11 Å². The van der Waals surface area contributed by atoms with E-state index in [-0.39, 0.29) is 0 Å². The van der Waals surface area contributed by atoms with Crippen LogP contribution in [0.25, 0.3) is 21.0 Å². The molecule has 26 heavy (non-hydrogen) atoms. The van der Waals surface area contributed by atoms with Crippen molar-refractivity contribution in [2.75, 3.05) is 0 Å². The molecule has 2 aromatic carbocycles. The molecule has 0 aliphatic heterocycles. The van der Waals surface area contributed by atoms with E-state index in [2.05, 4.69) is 43.3 Å². The molecule has 0 saturated heterocycles. The minimum absolute atomic E-state index is 0.310. The summed E-state index contributed by atoms with van der Waals surface area (Å²) >= 11 is 1.81. The van der Waals surface area contributed by atoms with E-state index in [0.717, 1.165) is 29.4 Å². The Bertz CT molecular complexity index is 1140. The van der Waals surface area contributed by atoms with Crippen LogP contribution in [0.4, 0.5) is 0 Å². The minimum Gasteiger partial charge on any atom is -0.506 e. The minimum atomic E-state index is 0.310. The molecule has 0 bridgehead atoms. The van der Waals surface area contributed by atoms with E-state index in [1.165, 1.54) is 44.5 Å². The highest BCUT2D eigenvalue weighted by Gasteiger charge is 2.17. The largest absolute Gasteiger partial charge is 0.506 e. The van der Waals surface area contributed by atoms with E-state index in [9.17, 15) is 5.11 Å². The summed E-state index contributed by atoms with van der Waals surface area (Å²) in [5.74, 6) is 0.310. The van der Waals surface area contributed by atoms with E-state index < -0.39 is 0 Å². The van der Waals surface area contributed by atoms with Crippen LogP contribution in [0.5, 0.6) is 5.75 Å². The maximum atomic E-state index is 10.6. The smallest absolute Gasteiger partial charge is 0.138 e. The van der Waals surface area contributed by atoms with Crippen LogP contribution in [0.2, 0.25) is 0 Å². The van der Waals surface area contributed by atoms with Gasteiger partial charge < -0.3 is 5.11 Å². The summed E-state index contributed by atoms with van der Waals surface area (Å²) < 4.78 is 1.30. The molecule has 0 unspecified atom stereocenters. The van der Waals surface area contributed by atoms with Crippen LogP contribution in [0.1, 0.15) is 40.1 Å². The first kappa shape index (κ1) is 15.8. The van der Waals surface area contributed by atoms with Crippen LogP contribution in [-0.4, -0.2) is 10.1 Å². The van der Waals surface area contributed by atoms with Crippen molar-refractivity contribution in [2.24, 2.45) is 0 Å². The molecule has 1 aliphatic carbocycles. The van der Waals surface area contributed by atoms with Crippen LogP contribution >= 0.6 is 11.3 Å². The predicted molar refractivity (Wildman–Crippen MR) is 109 cm³/mol.